The fraction of sp³-hybridized carbons (Fsp3) is 0.308. The van der Waals surface area contributed by atoms with Gasteiger partial charge in [-0.15, -0.1) is 0 Å². The van der Waals surface area contributed by atoms with Crippen LogP contribution in [0, 0.1) is 19.8 Å². The van der Waals surface area contributed by atoms with E-state index in [2.05, 4.69) is 9.82 Å². The van der Waals surface area contributed by atoms with E-state index in [0.717, 1.165) is 22.0 Å². The number of aromatic nitrogens is 2. The quantitative estimate of drug-likeness (QED) is 0.943. The Balaban J connectivity index is 2.38. The highest BCUT2D eigenvalue weighted by atomic mass is 32.2. The van der Waals surface area contributed by atoms with Crippen molar-refractivity contribution >= 4 is 15.7 Å². The lowest BCUT2D eigenvalue weighted by atomic mass is 10.1. The van der Waals surface area contributed by atoms with E-state index in [1.807, 2.05) is 13.0 Å². The van der Waals surface area contributed by atoms with Crippen LogP contribution in [-0.4, -0.2) is 18.2 Å². The van der Waals surface area contributed by atoms with E-state index in [-0.39, 0.29) is 6.54 Å². The summed E-state index contributed by atoms with van der Waals surface area (Å²) in [5.74, 6) is -0.857. The van der Waals surface area contributed by atoms with Crippen molar-refractivity contribution in [1.29, 1.82) is 0 Å². The van der Waals surface area contributed by atoms with Gasteiger partial charge in [-0.2, -0.15) is 9.49 Å². The maximum absolute atomic E-state index is 13.9. The van der Waals surface area contributed by atoms with E-state index in [4.69, 9.17) is 0 Å². The zero-order valence-corrected chi connectivity index (χ0v) is 12.3. The van der Waals surface area contributed by atoms with Gasteiger partial charge in [-0.25, -0.2) is 13.1 Å². The van der Waals surface area contributed by atoms with Crippen molar-refractivity contribution in [2.24, 2.45) is 0 Å². The van der Waals surface area contributed by atoms with Gasteiger partial charge in [-0.1, -0.05) is 17.7 Å². The number of nitrogens with zero attached hydrogens (tertiary/aromatic N) is 2. The van der Waals surface area contributed by atoms with Gasteiger partial charge in [0.15, 0.2) is 4.90 Å². The molecule has 1 heterocycles. The number of anilines is 1. The predicted molar refractivity (Wildman–Crippen MR) is 74.6 cm³/mol. The van der Waals surface area contributed by atoms with E-state index in [1.165, 1.54) is 0 Å². The maximum Gasteiger partial charge on any atom is 0.268 e. The van der Waals surface area contributed by atoms with Crippen molar-refractivity contribution in [3.8, 4) is 0 Å². The topological polar surface area (TPSA) is 64.0 Å². The van der Waals surface area contributed by atoms with Crippen LogP contribution in [0.4, 0.5) is 10.1 Å². The van der Waals surface area contributed by atoms with Gasteiger partial charge in [0, 0.05) is 6.54 Å². The highest BCUT2D eigenvalue weighted by molar-refractivity contribution is 7.92. The number of hydrogen-bond acceptors (Lipinski definition) is 3. The summed E-state index contributed by atoms with van der Waals surface area (Å²) < 4.78 is 41.6. The van der Waals surface area contributed by atoms with Crippen LogP contribution < -0.4 is 4.72 Å². The molecule has 1 N–H and O–H groups in total. The van der Waals surface area contributed by atoms with Crippen LogP contribution in [0.15, 0.2) is 29.3 Å². The Labute approximate surface area is 117 Å². The van der Waals surface area contributed by atoms with Crippen molar-refractivity contribution in [3.05, 3.63) is 41.5 Å². The highest BCUT2D eigenvalue weighted by Gasteiger charge is 2.23. The Morgan fingerprint density at radius 2 is 2.05 bits per heavy atom. The van der Waals surface area contributed by atoms with Crippen LogP contribution in [0.5, 0.6) is 0 Å². The predicted octanol–water partition coefficient (Wildman–Crippen LogP) is 2.46. The third kappa shape index (κ3) is 2.67. The fourth-order valence-corrected chi connectivity index (χ4v) is 3.02. The van der Waals surface area contributed by atoms with Gasteiger partial charge in [0.2, 0.25) is 5.95 Å². The van der Waals surface area contributed by atoms with Crippen molar-refractivity contribution in [1.82, 2.24) is 9.78 Å². The molecule has 0 aliphatic carbocycles. The molecule has 5 nitrogen and oxygen atoms in total. The zero-order chi connectivity index (χ0) is 14.9. The summed E-state index contributed by atoms with van der Waals surface area (Å²) in [6, 6.07) is 5.30. The van der Waals surface area contributed by atoms with Crippen LogP contribution in [0.25, 0.3) is 0 Å². The van der Waals surface area contributed by atoms with Crippen molar-refractivity contribution in [2.75, 3.05) is 4.72 Å². The van der Waals surface area contributed by atoms with Crippen LogP contribution >= 0.6 is 0 Å². The molecular weight excluding hydrogens is 281 g/mol. The largest absolute Gasteiger partial charge is 0.279 e. The summed E-state index contributed by atoms with van der Waals surface area (Å²) in [4.78, 5) is -0.445. The number of nitrogens with one attached hydrogen (secondary N) is 1. The van der Waals surface area contributed by atoms with E-state index in [9.17, 15) is 12.8 Å². The van der Waals surface area contributed by atoms with E-state index < -0.39 is 20.9 Å². The zero-order valence-electron chi connectivity index (χ0n) is 11.5. The summed E-state index contributed by atoms with van der Waals surface area (Å²) in [6.45, 7) is 5.65. The minimum atomic E-state index is -3.98. The molecule has 0 saturated carbocycles. The molecule has 0 saturated heterocycles. The minimum absolute atomic E-state index is 0.269. The van der Waals surface area contributed by atoms with Crippen molar-refractivity contribution in [3.63, 3.8) is 0 Å². The Morgan fingerprint density at radius 1 is 1.35 bits per heavy atom. The standard InChI is InChI=1S/C13H16FN3O2S/c1-4-17-13(14)12(8-15-17)20(18,19)16-11-6-5-9(2)7-10(11)3/h5-8,16H,4H2,1-3H3. The van der Waals surface area contributed by atoms with Gasteiger partial charge in [0.1, 0.15) is 0 Å². The lowest BCUT2D eigenvalue weighted by Gasteiger charge is -2.10. The Bertz CT molecular complexity index is 738. The van der Waals surface area contributed by atoms with Crippen molar-refractivity contribution in [2.45, 2.75) is 32.2 Å². The fourth-order valence-electron chi connectivity index (χ4n) is 1.88. The smallest absolute Gasteiger partial charge is 0.268 e. The molecule has 0 atom stereocenters. The molecule has 2 aromatic rings. The summed E-state index contributed by atoms with van der Waals surface area (Å²) in [7, 11) is -3.98. The minimum Gasteiger partial charge on any atom is -0.279 e. The van der Waals surface area contributed by atoms with E-state index in [0.29, 0.717) is 5.69 Å². The van der Waals surface area contributed by atoms with Gasteiger partial charge in [-0.05, 0) is 32.4 Å². The molecule has 0 fully saturated rings. The van der Waals surface area contributed by atoms with Gasteiger partial charge in [0.05, 0.1) is 11.9 Å². The lowest BCUT2D eigenvalue weighted by molar-refractivity contribution is 0.455. The highest BCUT2D eigenvalue weighted by Crippen LogP contribution is 2.22. The van der Waals surface area contributed by atoms with Gasteiger partial charge in [-0.3, -0.25) is 4.72 Å². The van der Waals surface area contributed by atoms with Gasteiger partial charge >= 0.3 is 0 Å². The summed E-state index contributed by atoms with van der Waals surface area (Å²) in [6.07, 6.45) is 1.02. The first-order valence-electron chi connectivity index (χ1n) is 6.16. The first-order chi connectivity index (χ1) is 9.35. The molecule has 20 heavy (non-hydrogen) atoms. The Morgan fingerprint density at radius 3 is 2.60 bits per heavy atom. The van der Waals surface area contributed by atoms with Gasteiger partial charge in [0.25, 0.3) is 10.0 Å². The number of hydrogen-bond donors (Lipinski definition) is 1. The molecule has 0 unspecified atom stereocenters. The average molecular weight is 297 g/mol. The number of halogens is 1. The number of rotatable bonds is 4. The number of benzene rings is 1. The SMILES string of the molecule is CCn1ncc(S(=O)(=O)Nc2ccc(C)cc2C)c1F. The summed E-state index contributed by atoms with van der Waals surface area (Å²) in [5.41, 5.74) is 2.23. The molecule has 0 radical (unpaired) electrons. The Kier molecular flexibility index (Phi) is 3.80. The van der Waals surface area contributed by atoms with Crippen LogP contribution in [0.3, 0.4) is 0 Å². The van der Waals surface area contributed by atoms with Crippen LogP contribution in [0.1, 0.15) is 18.1 Å². The molecular formula is C13H16FN3O2S. The maximum atomic E-state index is 13.9. The normalized spacial score (nSPS) is 11.6. The summed E-state index contributed by atoms with van der Waals surface area (Å²) >= 11 is 0. The molecule has 7 heteroatoms. The van der Waals surface area contributed by atoms with E-state index in [1.54, 1.807) is 26.0 Å². The monoisotopic (exact) mass is 297 g/mol. The van der Waals surface area contributed by atoms with Gasteiger partial charge < -0.3 is 0 Å². The van der Waals surface area contributed by atoms with Crippen molar-refractivity contribution < 1.29 is 12.8 Å². The molecule has 0 bridgehead atoms. The Hall–Kier alpha value is -1.89. The first-order valence-corrected chi connectivity index (χ1v) is 7.65. The van der Waals surface area contributed by atoms with E-state index >= 15 is 0 Å². The molecule has 0 aliphatic rings. The third-order valence-corrected chi connectivity index (χ3v) is 4.30. The molecule has 2 rings (SSSR count). The molecule has 1 aromatic carbocycles. The second-order valence-corrected chi connectivity index (χ2v) is 6.19. The second kappa shape index (κ2) is 5.24. The third-order valence-electron chi connectivity index (χ3n) is 2.96. The molecule has 0 aliphatic heterocycles. The van der Waals surface area contributed by atoms with Crippen LogP contribution in [0.2, 0.25) is 0 Å². The molecule has 0 amide bonds. The van der Waals surface area contributed by atoms with Crippen LogP contribution in [-0.2, 0) is 16.6 Å². The first kappa shape index (κ1) is 14.5. The number of aryl methyl sites for hydroxylation is 3. The molecule has 1 aromatic heterocycles. The number of sulfonamides is 1. The second-order valence-electron chi connectivity index (χ2n) is 4.54. The summed E-state index contributed by atoms with van der Waals surface area (Å²) in [5, 5.41) is 3.70. The molecule has 108 valence electrons. The average Bonchev–Trinajstić information content (AvgIpc) is 2.74. The lowest BCUT2D eigenvalue weighted by Crippen LogP contribution is -2.15. The molecule has 0 spiro atoms.